The Morgan fingerprint density at radius 2 is 0.675 bits per heavy atom. The predicted octanol–water partition coefficient (Wildman–Crippen LogP) is 14.2. The first kappa shape index (κ1) is 48.6. The van der Waals surface area contributed by atoms with E-state index in [0.29, 0.717) is 0 Å². The Labute approximate surface area is 483 Å². The van der Waals surface area contributed by atoms with Crippen LogP contribution in [0.25, 0.3) is 88.1 Å². The van der Waals surface area contributed by atoms with Crippen molar-refractivity contribution in [1.82, 2.24) is 9.13 Å². The molecule has 0 saturated heterocycles. The highest BCUT2D eigenvalue weighted by Crippen LogP contribution is 2.42. The molecule has 0 aliphatic rings. The smallest absolute Gasteiger partial charge is 0.179 e. The fourth-order valence-electron chi connectivity index (χ4n) is 14.1. The number of rotatable bonds is 11. The van der Waals surface area contributed by atoms with Gasteiger partial charge in [-0.1, -0.05) is 267 Å². The van der Waals surface area contributed by atoms with E-state index >= 15 is 0 Å². The number of benzene rings is 13. The van der Waals surface area contributed by atoms with Crippen molar-refractivity contribution in [3.05, 3.63) is 328 Å². The van der Waals surface area contributed by atoms with Crippen LogP contribution in [-0.4, -0.2) is 25.3 Å². The Kier molecular flexibility index (Phi) is 11.6. The van der Waals surface area contributed by atoms with Crippen LogP contribution in [0.15, 0.2) is 332 Å². The molecule has 0 fully saturated rings. The van der Waals surface area contributed by atoms with Crippen molar-refractivity contribution < 1.29 is 4.42 Å². The number of hydrogen-bond donors (Lipinski definition) is 0. The maximum atomic E-state index is 6.48. The van der Waals surface area contributed by atoms with Gasteiger partial charge in [-0.15, -0.1) is 0 Å². The van der Waals surface area contributed by atoms with Gasteiger partial charge in [-0.3, -0.25) is 0 Å². The van der Waals surface area contributed by atoms with Crippen molar-refractivity contribution in [3.63, 3.8) is 0 Å². The standard InChI is InChI=1S/C78H54N2OSi2/c1-7-26-57(27-8-1)80-74-54-66(83(62-35-15-5-16-36-62,63-37-17-6-18-38-63)64-39-23-25-55(51-64)56-45-47-69-68-41-20-22-44-75(68)81-76(69)52-56)46-48-67(74)70-49-50-73-77(78(70)80)71-42-19-21-43-72(71)79(73)58-28-24-40-65(53-58)82(59-29-9-2-10-30-59,60-31-11-3-12-32-60)61-33-13-4-14-34-61/h1-54H. The third kappa shape index (κ3) is 7.55. The lowest BCUT2D eigenvalue weighted by Crippen LogP contribution is -2.74. The van der Waals surface area contributed by atoms with Gasteiger partial charge in [0.2, 0.25) is 0 Å². The largest absolute Gasteiger partial charge is 0.456 e. The van der Waals surface area contributed by atoms with Crippen LogP contribution in [-0.2, 0) is 0 Å². The monoisotopic (exact) mass is 1090 g/mol. The first-order chi connectivity index (χ1) is 41.2. The summed E-state index contributed by atoms with van der Waals surface area (Å²) in [6, 6.07) is 122. The molecule has 0 unspecified atom stereocenters. The summed E-state index contributed by atoms with van der Waals surface area (Å²) in [6.07, 6.45) is 0. The van der Waals surface area contributed by atoms with Gasteiger partial charge >= 0.3 is 0 Å². The van der Waals surface area contributed by atoms with Crippen LogP contribution in [0.1, 0.15) is 0 Å². The van der Waals surface area contributed by atoms with Crippen molar-refractivity contribution in [2.45, 2.75) is 0 Å². The first-order valence-electron chi connectivity index (χ1n) is 28.6. The van der Waals surface area contributed by atoms with Crippen molar-refractivity contribution in [1.29, 1.82) is 0 Å². The van der Waals surface area contributed by atoms with Gasteiger partial charge in [0.15, 0.2) is 16.1 Å². The molecule has 3 aromatic heterocycles. The van der Waals surface area contributed by atoms with E-state index < -0.39 is 16.1 Å². The van der Waals surface area contributed by atoms with Gasteiger partial charge in [0.25, 0.3) is 0 Å². The maximum absolute atomic E-state index is 6.48. The van der Waals surface area contributed by atoms with Crippen LogP contribution >= 0.6 is 0 Å². The van der Waals surface area contributed by atoms with E-state index in [4.69, 9.17) is 4.42 Å². The minimum absolute atomic E-state index is 0.895. The van der Waals surface area contributed by atoms with Gasteiger partial charge in [0.05, 0.1) is 22.1 Å². The van der Waals surface area contributed by atoms with Crippen LogP contribution in [0.5, 0.6) is 0 Å². The number of fused-ring (bicyclic) bond motifs is 10. The zero-order chi connectivity index (χ0) is 54.9. The molecule has 16 rings (SSSR count). The molecule has 3 heterocycles. The molecule has 390 valence electrons. The van der Waals surface area contributed by atoms with Crippen molar-refractivity contribution in [2.75, 3.05) is 0 Å². The Bertz CT molecular complexity index is 4940. The van der Waals surface area contributed by atoms with Gasteiger partial charge in [-0.2, -0.15) is 0 Å². The average molecular weight is 1090 g/mol. The topological polar surface area (TPSA) is 23.0 Å². The summed E-state index contributed by atoms with van der Waals surface area (Å²) in [5.74, 6) is 0. The minimum atomic E-state index is -3.10. The molecule has 0 aliphatic heterocycles. The number of aromatic nitrogens is 2. The summed E-state index contributed by atoms with van der Waals surface area (Å²) in [5, 5.41) is 17.8. The van der Waals surface area contributed by atoms with Gasteiger partial charge < -0.3 is 13.6 Å². The molecule has 16 aromatic rings. The van der Waals surface area contributed by atoms with E-state index in [9.17, 15) is 0 Å². The summed E-state index contributed by atoms with van der Waals surface area (Å²) in [4.78, 5) is 0. The van der Waals surface area contributed by atoms with E-state index in [-0.39, 0.29) is 0 Å². The second-order valence-corrected chi connectivity index (χ2v) is 29.5. The second-order valence-electron chi connectivity index (χ2n) is 21.9. The zero-order valence-corrected chi connectivity index (χ0v) is 47.5. The minimum Gasteiger partial charge on any atom is -0.456 e. The molecule has 0 aliphatic carbocycles. The first-order valence-corrected chi connectivity index (χ1v) is 32.6. The fourth-order valence-corrected chi connectivity index (χ4v) is 23.6. The molecule has 0 saturated carbocycles. The number of para-hydroxylation sites is 3. The lowest BCUT2D eigenvalue weighted by atomic mass is 10.0. The molecule has 0 N–H and O–H groups in total. The van der Waals surface area contributed by atoms with E-state index in [1.807, 2.05) is 6.07 Å². The molecule has 5 heteroatoms. The number of hydrogen-bond acceptors (Lipinski definition) is 1. The Balaban J connectivity index is 0.952. The van der Waals surface area contributed by atoms with Gasteiger partial charge in [0, 0.05) is 43.7 Å². The van der Waals surface area contributed by atoms with Crippen LogP contribution in [0.2, 0.25) is 0 Å². The molecule has 3 nitrogen and oxygen atoms in total. The molecule has 0 spiro atoms. The van der Waals surface area contributed by atoms with Crippen LogP contribution in [0.3, 0.4) is 0 Å². The molecule has 0 radical (unpaired) electrons. The SMILES string of the molecule is c1ccc(-n2c3cc([Si](c4ccccc4)(c4ccccc4)c4cccc(-c5ccc6c(c5)oc5ccccc56)c4)ccc3c3ccc4c(c5ccccc5n4-c4cccc([Si](c5ccccc5)(c5ccccc5)c5ccccc5)c4)c32)cc1. The molecule has 83 heavy (non-hydrogen) atoms. The third-order valence-corrected chi connectivity index (χ3v) is 27.1. The van der Waals surface area contributed by atoms with Gasteiger partial charge in [0.1, 0.15) is 11.2 Å². The maximum Gasteiger partial charge on any atom is 0.179 e. The molecular formula is C78H54N2OSi2. The summed E-state index contributed by atoms with van der Waals surface area (Å²) >= 11 is 0. The van der Waals surface area contributed by atoms with Crippen molar-refractivity contribution >= 4 is 123 Å². The molecule has 13 aromatic carbocycles. The van der Waals surface area contributed by atoms with E-state index in [0.717, 1.165) is 50.0 Å². The summed E-state index contributed by atoms with van der Waals surface area (Å²) in [5.41, 5.74) is 11.0. The molecule has 0 bridgehead atoms. The fraction of sp³-hybridized carbons (Fsp3) is 0. The van der Waals surface area contributed by atoms with Gasteiger partial charge in [-0.25, -0.2) is 0 Å². The highest BCUT2D eigenvalue weighted by Gasteiger charge is 2.43. The van der Waals surface area contributed by atoms with Crippen LogP contribution in [0.4, 0.5) is 0 Å². The summed E-state index contributed by atoms with van der Waals surface area (Å²) in [6.45, 7) is 0. The third-order valence-electron chi connectivity index (χ3n) is 17.6. The zero-order valence-electron chi connectivity index (χ0n) is 45.5. The Morgan fingerprint density at radius 3 is 1.30 bits per heavy atom. The summed E-state index contributed by atoms with van der Waals surface area (Å²) < 4.78 is 11.6. The Morgan fingerprint density at radius 1 is 0.229 bits per heavy atom. The number of nitrogens with zero attached hydrogens (tertiary/aromatic N) is 2. The molecule has 0 atom stereocenters. The van der Waals surface area contributed by atoms with Gasteiger partial charge in [-0.05, 0) is 113 Å². The Hall–Kier alpha value is -10.3. The quantitative estimate of drug-likeness (QED) is 0.0935. The van der Waals surface area contributed by atoms with Crippen LogP contribution in [0, 0.1) is 0 Å². The lowest BCUT2D eigenvalue weighted by Gasteiger charge is -2.35. The average Bonchev–Trinajstić information content (AvgIpc) is 2.70. The van der Waals surface area contributed by atoms with Crippen molar-refractivity contribution in [3.8, 4) is 22.5 Å². The summed E-state index contributed by atoms with van der Waals surface area (Å²) in [7, 11) is -5.95. The highest BCUT2D eigenvalue weighted by molar-refractivity contribution is 7.20. The normalized spacial score (nSPS) is 12.1. The second kappa shape index (κ2) is 19.7. The van der Waals surface area contributed by atoms with E-state index in [1.165, 1.54) is 79.6 Å². The van der Waals surface area contributed by atoms with Crippen molar-refractivity contribution in [2.24, 2.45) is 0 Å². The number of furan rings is 1. The van der Waals surface area contributed by atoms with E-state index in [1.54, 1.807) is 0 Å². The molecule has 0 amide bonds. The lowest BCUT2D eigenvalue weighted by molar-refractivity contribution is 0.669. The van der Waals surface area contributed by atoms with E-state index in [2.05, 4.69) is 331 Å². The highest BCUT2D eigenvalue weighted by atomic mass is 28.3. The molecular weight excluding hydrogens is 1040 g/mol. The predicted molar refractivity (Wildman–Crippen MR) is 355 cm³/mol. The van der Waals surface area contributed by atoms with Crippen LogP contribution < -0.4 is 41.5 Å².